The first-order valence-corrected chi connectivity index (χ1v) is 4.66. The van der Waals surface area contributed by atoms with Crippen LogP contribution in [-0.2, 0) is 10.8 Å². The van der Waals surface area contributed by atoms with Gasteiger partial charge in [0.15, 0.2) is 0 Å². The lowest BCUT2D eigenvalue weighted by Crippen LogP contribution is -1.86. The van der Waals surface area contributed by atoms with Crippen LogP contribution >= 0.6 is 0 Å². The number of hydrogen-bond donors (Lipinski definition) is 0. The fraction of sp³-hybridized carbons (Fsp3) is 0.250. The smallest absolute Gasteiger partial charge is 0.0498 e. The molecule has 0 fully saturated rings. The van der Waals surface area contributed by atoms with Crippen molar-refractivity contribution in [3.05, 3.63) is 29.8 Å². The van der Waals surface area contributed by atoms with Gasteiger partial charge < -0.3 is 0 Å². The largest absolute Gasteiger partial charge is 0.255 e. The molecule has 0 bridgehead atoms. The highest BCUT2D eigenvalue weighted by Crippen LogP contribution is 2.06. The molecule has 0 unspecified atom stereocenters. The van der Waals surface area contributed by atoms with E-state index in [1.54, 1.807) is 6.26 Å². The van der Waals surface area contributed by atoms with Crippen molar-refractivity contribution in [3.8, 4) is 0 Å². The van der Waals surface area contributed by atoms with Crippen molar-refractivity contribution in [3.63, 3.8) is 0 Å². The summed E-state index contributed by atoms with van der Waals surface area (Å²) < 4.78 is 10.9. The van der Waals surface area contributed by atoms with Crippen molar-refractivity contribution in [1.29, 1.82) is 0 Å². The Morgan fingerprint density at radius 2 is 2.10 bits per heavy atom. The summed E-state index contributed by atoms with van der Waals surface area (Å²) in [4.78, 5) is 0.903. The van der Waals surface area contributed by atoms with Gasteiger partial charge in [0.05, 0.1) is 0 Å². The van der Waals surface area contributed by atoms with Crippen molar-refractivity contribution >= 4 is 10.8 Å². The Balaban J connectivity index is 3.07. The predicted octanol–water partition coefficient (Wildman–Crippen LogP) is 1.73. The molecule has 0 aliphatic heterocycles. The molecule has 2 heteroatoms. The third-order valence-electron chi connectivity index (χ3n) is 1.32. The minimum absolute atomic E-state index is 0.839. The number of hydrogen-bond acceptors (Lipinski definition) is 1. The lowest BCUT2D eigenvalue weighted by molar-refractivity contribution is 0.686. The third-order valence-corrected chi connectivity index (χ3v) is 2.24. The zero-order valence-electron chi connectivity index (χ0n) is 6.13. The average molecular weight is 154 g/mol. The van der Waals surface area contributed by atoms with Gasteiger partial charge in [0.25, 0.3) is 0 Å². The highest BCUT2D eigenvalue weighted by atomic mass is 32.2. The highest BCUT2D eigenvalue weighted by Gasteiger charge is 1.94. The summed E-state index contributed by atoms with van der Waals surface area (Å²) in [6.45, 7) is 2.00. The second-order valence-electron chi connectivity index (χ2n) is 2.27. The summed E-state index contributed by atoms with van der Waals surface area (Å²) in [5.41, 5.74) is 1.16. The van der Waals surface area contributed by atoms with Gasteiger partial charge in [-0.1, -0.05) is 12.1 Å². The maximum atomic E-state index is 10.9. The van der Waals surface area contributed by atoms with E-state index in [-0.39, 0.29) is 0 Å². The van der Waals surface area contributed by atoms with Gasteiger partial charge in [-0.05, 0) is 24.6 Å². The van der Waals surface area contributed by atoms with E-state index < -0.39 is 10.8 Å². The topological polar surface area (TPSA) is 17.1 Å². The zero-order valence-corrected chi connectivity index (χ0v) is 6.94. The first-order valence-electron chi connectivity index (χ1n) is 3.10. The molecular formula is C8H10OS. The molecule has 0 aliphatic carbocycles. The highest BCUT2D eigenvalue weighted by molar-refractivity contribution is 7.84. The Kier molecular flexibility index (Phi) is 2.22. The minimum Gasteiger partial charge on any atom is -0.255 e. The molecule has 0 spiro atoms. The van der Waals surface area contributed by atoms with Crippen LogP contribution in [0.4, 0.5) is 0 Å². The number of aryl methyl sites for hydroxylation is 1. The number of benzene rings is 1. The molecule has 0 saturated carbocycles. The molecule has 0 amide bonds. The fourth-order valence-corrected chi connectivity index (χ4v) is 1.42. The SMILES string of the molecule is Cc1cccc([S@@](C)=O)c1. The lowest BCUT2D eigenvalue weighted by Gasteiger charge is -1.95. The van der Waals surface area contributed by atoms with Gasteiger partial charge in [-0.15, -0.1) is 0 Å². The molecule has 0 radical (unpaired) electrons. The lowest BCUT2D eigenvalue weighted by atomic mass is 10.2. The van der Waals surface area contributed by atoms with E-state index in [0.717, 1.165) is 10.5 Å². The Hall–Kier alpha value is -0.630. The van der Waals surface area contributed by atoms with Gasteiger partial charge >= 0.3 is 0 Å². The molecule has 0 N–H and O–H groups in total. The van der Waals surface area contributed by atoms with Crippen molar-refractivity contribution in [2.75, 3.05) is 6.26 Å². The van der Waals surface area contributed by atoms with Crippen LogP contribution in [0.5, 0.6) is 0 Å². The second-order valence-corrected chi connectivity index (χ2v) is 3.65. The molecule has 1 rings (SSSR count). The molecule has 0 aromatic heterocycles. The monoisotopic (exact) mass is 154 g/mol. The van der Waals surface area contributed by atoms with Crippen molar-refractivity contribution in [2.45, 2.75) is 11.8 Å². The molecule has 0 saturated heterocycles. The van der Waals surface area contributed by atoms with Crippen LogP contribution in [0.2, 0.25) is 0 Å². The maximum absolute atomic E-state index is 10.9. The van der Waals surface area contributed by atoms with Crippen molar-refractivity contribution in [1.82, 2.24) is 0 Å². The van der Waals surface area contributed by atoms with E-state index in [1.807, 2.05) is 31.2 Å². The maximum Gasteiger partial charge on any atom is 0.0498 e. The summed E-state index contributed by atoms with van der Waals surface area (Å²) in [6, 6.07) is 7.74. The summed E-state index contributed by atoms with van der Waals surface area (Å²) in [5.74, 6) is 0. The van der Waals surface area contributed by atoms with Gasteiger partial charge in [0.1, 0.15) is 0 Å². The van der Waals surface area contributed by atoms with Gasteiger partial charge in [-0.25, -0.2) is 0 Å². The molecule has 0 heterocycles. The molecule has 1 aromatic rings. The molecule has 10 heavy (non-hydrogen) atoms. The van der Waals surface area contributed by atoms with Crippen LogP contribution in [0.3, 0.4) is 0 Å². The van der Waals surface area contributed by atoms with Gasteiger partial charge in [-0.3, -0.25) is 4.21 Å². The summed E-state index contributed by atoms with van der Waals surface area (Å²) in [7, 11) is -0.839. The Morgan fingerprint density at radius 3 is 2.50 bits per heavy atom. The van der Waals surface area contributed by atoms with E-state index in [2.05, 4.69) is 0 Å². The fourth-order valence-electron chi connectivity index (χ4n) is 0.794. The van der Waals surface area contributed by atoms with Crippen molar-refractivity contribution in [2.24, 2.45) is 0 Å². The predicted molar refractivity (Wildman–Crippen MR) is 43.5 cm³/mol. The van der Waals surface area contributed by atoms with E-state index in [0.29, 0.717) is 0 Å². The first kappa shape index (κ1) is 7.48. The molecule has 0 aliphatic rings. The Morgan fingerprint density at radius 1 is 1.40 bits per heavy atom. The standard InChI is InChI=1S/C8H10OS/c1-7-4-3-5-8(6-7)10(2)9/h3-6H,1-2H3/t10-/m1/s1. The minimum atomic E-state index is -0.839. The Bertz CT molecular complexity index is 255. The first-order chi connectivity index (χ1) is 4.70. The summed E-state index contributed by atoms with van der Waals surface area (Å²) in [5, 5.41) is 0. The molecule has 1 nitrogen and oxygen atoms in total. The van der Waals surface area contributed by atoms with Crippen LogP contribution in [0.1, 0.15) is 5.56 Å². The van der Waals surface area contributed by atoms with Gasteiger partial charge in [0.2, 0.25) is 0 Å². The normalized spacial score (nSPS) is 13.0. The molecule has 1 atom stereocenters. The van der Waals surface area contributed by atoms with Crippen LogP contribution in [0.15, 0.2) is 29.2 Å². The van der Waals surface area contributed by atoms with Gasteiger partial charge in [-0.2, -0.15) is 0 Å². The Labute approximate surface area is 63.5 Å². The van der Waals surface area contributed by atoms with Crippen LogP contribution < -0.4 is 0 Å². The van der Waals surface area contributed by atoms with Crippen LogP contribution in [0, 0.1) is 6.92 Å². The van der Waals surface area contributed by atoms with E-state index in [4.69, 9.17) is 0 Å². The zero-order chi connectivity index (χ0) is 7.56. The van der Waals surface area contributed by atoms with E-state index >= 15 is 0 Å². The quantitative estimate of drug-likeness (QED) is 0.602. The third kappa shape index (κ3) is 1.67. The van der Waals surface area contributed by atoms with E-state index in [9.17, 15) is 4.21 Å². The van der Waals surface area contributed by atoms with Gasteiger partial charge in [0, 0.05) is 22.0 Å². The molecular weight excluding hydrogens is 144 g/mol. The molecule has 1 aromatic carbocycles. The summed E-state index contributed by atoms with van der Waals surface area (Å²) in [6.07, 6.45) is 1.69. The second kappa shape index (κ2) is 2.97. The van der Waals surface area contributed by atoms with Crippen LogP contribution in [-0.4, -0.2) is 10.5 Å². The molecule has 54 valence electrons. The van der Waals surface area contributed by atoms with Crippen LogP contribution in [0.25, 0.3) is 0 Å². The number of rotatable bonds is 1. The summed E-state index contributed by atoms with van der Waals surface area (Å²) >= 11 is 0. The van der Waals surface area contributed by atoms with E-state index in [1.165, 1.54) is 0 Å². The van der Waals surface area contributed by atoms with Crippen molar-refractivity contribution < 1.29 is 4.21 Å². The average Bonchev–Trinajstić information content (AvgIpc) is 1.88.